The second kappa shape index (κ2) is 5.69. The molecule has 0 atom stereocenters. The molecule has 0 saturated heterocycles. The fraction of sp³-hybridized carbons (Fsp3) is 0.0833. The van der Waals surface area contributed by atoms with Crippen LogP contribution in [0.5, 0.6) is 0 Å². The van der Waals surface area contributed by atoms with Crippen molar-refractivity contribution in [2.24, 2.45) is 0 Å². The van der Waals surface area contributed by atoms with Crippen molar-refractivity contribution in [1.29, 1.82) is 0 Å². The Balaban J connectivity index is 0.000000980. The first-order chi connectivity index (χ1) is 6.45. The van der Waals surface area contributed by atoms with E-state index < -0.39 is 0 Å². The first-order valence-electron chi connectivity index (χ1n) is 4.30. The molecule has 73 valence electrons. The normalized spacial score (nSPS) is 9.14. The van der Waals surface area contributed by atoms with E-state index in [0.29, 0.717) is 0 Å². The van der Waals surface area contributed by atoms with Gasteiger partial charge in [-0.2, -0.15) is 35.9 Å². The molecule has 0 bridgehead atoms. The fourth-order valence-corrected chi connectivity index (χ4v) is 1.24. The number of nitrogens with zero attached hydrogens (tertiary/aromatic N) is 1. The van der Waals surface area contributed by atoms with Gasteiger partial charge in [-0.3, -0.25) is 4.98 Å². The smallest absolute Gasteiger partial charge is 0.0426 e. The van der Waals surface area contributed by atoms with Crippen LogP contribution in [-0.2, 0) is 26.5 Å². The first kappa shape index (κ1) is 11.1. The van der Waals surface area contributed by atoms with Crippen LogP contribution in [-0.4, -0.2) is 4.98 Å². The van der Waals surface area contributed by atoms with Crippen LogP contribution >= 0.6 is 0 Å². The Labute approximate surface area is 97.6 Å². The van der Waals surface area contributed by atoms with E-state index in [1.54, 1.807) is 0 Å². The fourth-order valence-electron chi connectivity index (χ4n) is 1.24. The van der Waals surface area contributed by atoms with E-state index >= 15 is 0 Å². The number of aromatic nitrogens is 1. The van der Waals surface area contributed by atoms with Crippen molar-refractivity contribution in [1.82, 2.24) is 4.98 Å². The van der Waals surface area contributed by atoms with Gasteiger partial charge in [0.2, 0.25) is 0 Å². The third-order valence-electron chi connectivity index (χ3n) is 1.87. The van der Waals surface area contributed by atoms with E-state index in [1.165, 1.54) is 5.56 Å². The van der Waals surface area contributed by atoms with E-state index in [2.05, 4.69) is 17.1 Å². The van der Waals surface area contributed by atoms with Crippen LogP contribution in [0.1, 0.15) is 11.3 Å². The third kappa shape index (κ3) is 3.06. The molecular formula is C12H10IrN-. The van der Waals surface area contributed by atoms with E-state index in [4.69, 9.17) is 0 Å². The minimum absolute atomic E-state index is 0. The minimum atomic E-state index is 0. The van der Waals surface area contributed by atoms with Gasteiger partial charge in [0.25, 0.3) is 0 Å². The molecule has 2 rings (SSSR count). The molecule has 0 amide bonds. The summed E-state index contributed by atoms with van der Waals surface area (Å²) in [6.07, 6.45) is 2.68. The van der Waals surface area contributed by atoms with Crippen LogP contribution in [0.2, 0.25) is 0 Å². The summed E-state index contributed by atoms with van der Waals surface area (Å²) in [6, 6.07) is 17.1. The maximum Gasteiger partial charge on any atom is 0.0426 e. The van der Waals surface area contributed by atoms with Crippen molar-refractivity contribution in [3.63, 3.8) is 0 Å². The van der Waals surface area contributed by atoms with Crippen LogP contribution in [0.25, 0.3) is 0 Å². The molecule has 14 heavy (non-hydrogen) atoms. The Hall–Kier alpha value is -0.981. The molecule has 0 saturated carbocycles. The number of rotatable bonds is 2. The van der Waals surface area contributed by atoms with E-state index in [9.17, 15) is 0 Å². The molecule has 2 heteroatoms. The van der Waals surface area contributed by atoms with Gasteiger partial charge in [0, 0.05) is 32.0 Å². The van der Waals surface area contributed by atoms with Crippen molar-refractivity contribution in [3.05, 3.63) is 66.0 Å². The Bertz CT molecular complexity index is 321. The van der Waals surface area contributed by atoms with E-state index in [0.717, 1.165) is 12.1 Å². The van der Waals surface area contributed by atoms with Gasteiger partial charge in [-0.25, -0.2) is 0 Å². The Morgan fingerprint density at radius 3 is 2.57 bits per heavy atom. The zero-order valence-electron chi connectivity index (χ0n) is 7.61. The van der Waals surface area contributed by atoms with Gasteiger partial charge < -0.3 is 0 Å². The Morgan fingerprint density at radius 2 is 1.93 bits per heavy atom. The molecule has 0 spiro atoms. The first-order valence-corrected chi connectivity index (χ1v) is 4.30. The van der Waals surface area contributed by atoms with Crippen LogP contribution in [0.15, 0.2) is 48.7 Å². The molecule has 0 aliphatic rings. The summed E-state index contributed by atoms with van der Waals surface area (Å²) in [5.41, 5.74) is 2.27. The molecule has 1 aromatic heterocycles. The predicted octanol–water partition coefficient (Wildman–Crippen LogP) is 2.47. The van der Waals surface area contributed by atoms with Gasteiger partial charge in [-0.05, 0) is 18.6 Å². The molecule has 1 radical (unpaired) electrons. The second-order valence-corrected chi connectivity index (χ2v) is 2.89. The third-order valence-corrected chi connectivity index (χ3v) is 1.87. The van der Waals surface area contributed by atoms with Gasteiger partial charge in [-0.15, -0.1) is 0 Å². The number of pyridine rings is 1. The van der Waals surface area contributed by atoms with Crippen molar-refractivity contribution >= 4 is 0 Å². The van der Waals surface area contributed by atoms with Gasteiger partial charge in [-0.1, -0.05) is 6.07 Å². The number of hydrogen-bond donors (Lipinski definition) is 0. The zero-order valence-corrected chi connectivity index (χ0v) is 10.0. The summed E-state index contributed by atoms with van der Waals surface area (Å²) in [4.78, 5) is 4.25. The average Bonchev–Trinajstić information content (AvgIpc) is 2.21. The van der Waals surface area contributed by atoms with E-state index in [1.807, 2.05) is 42.6 Å². The second-order valence-electron chi connectivity index (χ2n) is 2.89. The van der Waals surface area contributed by atoms with Crippen molar-refractivity contribution in [2.45, 2.75) is 6.42 Å². The SMILES string of the molecule is [Ir].[c-]1ccccc1Cc1ccccn1. The summed E-state index contributed by atoms with van der Waals surface area (Å²) in [5, 5.41) is 0. The van der Waals surface area contributed by atoms with E-state index in [-0.39, 0.29) is 20.1 Å². The monoisotopic (exact) mass is 361 g/mol. The molecule has 0 aliphatic heterocycles. The molecule has 1 heterocycles. The molecule has 0 fully saturated rings. The maximum atomic E-state index is 4.25. The van der Waals surface area contributed by atoms with Crippen LogP contribution < -0.4 is 0 Å². The average molecular weight is 360 g/mol. The maximum absolute atomic E-state index is 4.25. The number of benzene rings is 1. The van der Waals surface area contributed by atoms with Gasteiger partial charge in [0.05, 0.1) is 0 Å². The molecule has 0 N–H and O–H groups in total. The largest absolute Gasteiger partial charge is 0.261 e. The van der Waals surface area contributed by atoms with Crippen molar-refractivity contribution in [2.75, 3.05) is 0 Å². The van der Waals surface area contributed by atoms with Crippen molar-refractivity contribution < 1.29 is 20.1 Å². The standard InChI is InChI=1S/C12H10N.Ir/c1-2-6-11(7-3-1)10-12-8-4-5-9-13-12;/h1-6,8-9H,10H2;/q-1;. The quantitative estimate of drug-likeness (QED) is 0.750. The predicted molar refractivity (Wildman–Crippen MR) is 52.3 cm³/mol. The topological polar surface area (TPSA) is 12.9 Å². The van der Waals surface area contributed by atoms with Gasteiger partial charge in [0.15, 0.2) is 0 Å². The molecular weight excluding hydrogens is 350 g/mol. The molecule has 1 nitrogen and oxygen atoms in total. The summed E-state index contributed by atoms with van der Waals surface area (Å²) in [7, 11) is 0. The molecule has 2 aromatic rings. The van der Waals surface area contributed by atoms with Crippen molar-refractivity contribution in [3.8, 4) is 0 Å². The molecule has 0 aliphatic carbocycles. The summed E-state index contributed by atoms with van der Waals surface area (Å²) < 4.78 is 0. The molecule has 0 unspecified atom stereocenters. The summed E-state index contributed by atoms with van der Waals surface area (Å²) in [6.45, 7) is 0. The number of hydrogen-bond acceptors (Lipinski definition) is 1. The van der Waals surface area contributed by atoms with Crippen LogP contribution in [0.4, 0.5) is 0 Å². The minimum Gasteiger partial charge on any atom is -0.261 e. The zero-order chi connectivity index (χ0) is 8.93. The Morgan fingerprint density at radius 1 is 1.07 bits per heavy atom. The van der Waals surface area contributed by atoms with Gasteiger partial charge in [0.1, 0.15) is 0 Å². The Kier molecular flexibility index (Phi) is 4.51. The van der Waals surface area contributed by atoms with Crippen LogP contribution in [0.3, 0.4) is 0 Å². The van der Waals surface area contributed by atoms with Crippen LogP contribution in [0, 0.1) is 6.07 Å². The summed E-state index contributed by atoms with van der Waals surface area (Å²) in [5.74, 6) is 0. The molecule has 1 aromatic carbocycles. The van der Waals surface area contributed by atoms with Gasteiger partial charge >= 0.3 is 0 Å². The summed E-state index contributed by atoms with van der Waals surface area (Å²) >= 11 is 0.